The largest absolute Gasteiger partial charge is 0.507 e. The van der Waals surface area contributed by atoms with Crippen molar-refractivity contribution in [1.29, 1.82) is 0 Å². The highest BCUT2D eigenvalue weighted by Gasteiger charge is 2.35. The molecule has 1 unspecified atom stereocenters. The third kappa shape index (κ3) is 3.11. The molecular weight excluding hydrogens is 274 g/mol. The van der Waals surface area contributed by atoms with Crippen molar-refractivity contribution >= 4 is 17.6 Å². The van der Waals surface area contributed by atoms with E-state index in [-0.39, 0.29) is 24.2 Å². The molecule has 0 radical (unpaired) electrons. The van der Waals surface area contributed by atoms with Crippen LogP contribution in [0.2, 0.25) is 0 Å². The first-order valence-electron chi connectivity index (χ1n) is 6.64. The first-order valence-corrected chi connectivity index (χ1v) is 6.64. The number of aryl methyl sites for hydroxylation is 2. The molecule has 1 fully saturated rings. The number of amides is 2. The van der Waals surface area contributed by atoms with Crippen molar-refractivity contribution in [3.8, 4) is 5.75 Å². The number of Topliss-reactive ketones (excluding diaryl/α,β-unsaturated/α-hetero) is 1. The van der Waals surface area contributed by atoms with Crippen molar-refractivity contribution in [3.63, 3.8) is 0 Å². The van der Waals surface area contributed by atoms with Gasteiger partial charge in [0.15, 0.2) is 5.78 Å². The minimum Gasteiger partial charge on any atom is -0.507 e. The highest BCUT2D eigenvalue weighted by Crippen LogP contribution is 2.28. The number of aliphatic hydroxyl groups is 1. The standard InChI is InChI=1S/C15H17NO5/c1-7-3-8(2)13(19)10(4-7)15(21)14(20)9-5-11(17)16-12(18)6-9/h3-4,9,14,19-20H,5-6H2,1-2H3,(H,16,17,18). The topological polar surface area (TPSA) is 104 Å². The van der Waals surface area contributed by atoms with Crippen molar-refractivity contribution in [2.45, 2.75) is 32.8 Å². The summed E-state index contributed by atoms with van der Waals surface area (Å²) in [6.45, 7) is 3.43. The van der Waals surface area contributed by atoms with Crippen LogP contribution in [0.4, 0.5) is 0 Å². The first kappa shape index (κ1) is 15.2. The molecule has 1 heterocycles. The van der Waals surface area contributed by atoms with Gasteiger partial charge in [-0.3, -0.25) is 19.7 Å². The Bertz CT molecular complexity index is 607. The minimum absolute atomic E-state index is 0.0124. The zero-order chi connectivity index (χ0) is 15.7. The van der Waals surface area contributed by atoms with E-state index in [1.54, 1.807) is 19.9 Å². The summed E-state index contributed by atoms with van der Waals surface area (Å²) >= 11 is 0. The van der Waals surface area contributed by atoms with Crippen LogP contribution < -0.4 is 5.32 Å². The Balaban J connectivity index is 2.27. The molecule has 2 rings (SSSR count). The number of piperidine rings is 1. The van der Waals surface area contributed by atoms with Gasteiger partial charge >= 0.3 is 0 Å². The van der Waals surface area contributed by atoms with Gasteiger partial charge in [0.2, 0.25) is 11.8 Å². The van der Waals surface area contributed by atoms with Gasteiger partial charge in [0.05, 0.1) is 5.56 Å². The fourth-order valence-electron chi connectivity index (χ4n) is 2.55. The van der Waals surface area contributed by atoms with Gasteiger partial charge in [0.25, 0.3) is 0 Å². The van der Waals surface area contributed by atoms with Gasteiger partial charge < -0.3 is 10.2 Å². The number of rotatable bonds is 3. The maximum absolute atomic E-state index is 12.3. The summed E-state index contributed by atoms with van der Waals surface area (Å²) in [5.41, 5.74) is 1.32. The van der Waals surface area contributed by atoms with Gasteiger partial charge in [-0.1, -0.05) is 6.07 Å². The molecule has 6 heteroatoms. The van der Waals surface area contributed by atoms with Crippen molar-refractivity contribution in [3.05, 3.63) is 28.8 Å². The van der Waals surface area contributed by atoms with E-state index in [0.29, 0.717) is 5.56 Å². The molecule has 112 valence electrons. The molecule has 1 saturated heterocycles. The van der Waals surface area contributed by atoms with Gasteiger partial charge in [-0.05, 0) is 31.0 Å². The van der Waals surface area contributed by atoms with Gasteiger partial charge in [-0.2, -0.15) is 0 Å². The fraction of sp³-hybridized carbons (Fsp3) is 0.400. The number of imide groups is 1. The van der Waals surface area contributed by atoms with E-state index in [1.807, 2.05) is 0 Å². The molecule has 2 amide bonds. The summed E-state index contributed by atoms with van der Waals surface area (Å²) in [6.07, 6.45) is -1.68. The van der Waals surface area contributed by atoms with E-state index in [0.717, 1.165) is 5.56 Å². The normalized spacial score (nSPS) is 17.5. The van der Waals surface area contributed by atoms with E-state index in [2.05, 4.69) is 5.32 Å². The fourth-order valence-corrected chi connectivity index (χ4v) is 2.55. The molecule has 0 spiro atoms. The SMILES string of the molecule is Cc1cc(C)c(O)c(C(=O)C(O)C2CC(=O)NC(=O)C2)c1. The number of benzene rings is 1. The molecule has 1 aromatic carbocycles. The maximum atomic E-state index is 12.3. The van der Waals surface area contributed by atoms with E-state index in [1.165, 1.54) is 6.07 Å². The van der Waals surface area contributed by atoms with E-state index >= 15 is 0 Å². The molecular formula is C15H17NO5. The Morgan fingerprint density at radius 3 is 2.38 bits per heavy atom. The molecule has 6 nitrogen and oxygen atoms in total. The Kier molecular flexibility index (Phi) is 4.09. The lowest BCUT2D eigenvalue weighted by atomic mass is 9.86. The number of hydrogen-bond donors (Lipinski definition) is 3. The Hall–Kier alpha value is -2.21. The van der Waals surface area contributed by atoms with Crippen LogP contribution in [0.15, 0.2) is 12.1 Å². The summed E-state index contributed by atoms with van der Waals surface area (Å²) in [4.78, 5) is 35.0. The van der Waals surface area contributed by atoms with Crippen molar-refractivity contribution in [2.75, 3.05) is 0 Å². The van der Waals surface area contributed by atoms with Crippen LogP contribution in [0.25, 0.3) is 0 Å². The Morgan fingerprint density at radius 1 is 1.24 bits per heavy atom. The number of aliphatic hydroxyl groups excluding tert-OH is 1. The number of hydrogen-bond acceptors (Lipinski definition) is 5. The monoisotopic (exact) mass is 291 g/mol. The number of nitrogens with one attached hydrogen (secondary N) is 1. The van der Waals surface area contributed by atoms with E-state index in [4.69, 9.17) is 0 Å². The summed E-state index contributed by atoms with van der Waals surface area (Å²) in [6, 6.07) is 3.20. The van der Waals surface area contributed by atoms with Crippen LogP contribution in [0, 0.1) is 19.8 Å². The molecule has 0 bridgehead atoms. The molecule has 1 aromatic rings. The summed E-state index contributed by atoms with van der Waals surface area (Å²) in [7, 11) is 0. The molecule has 0 aromatic heterocycles. The predicted octanol–water partition coefficient (Wildman–Crippen LogP) is 0.605. The van der Waals surface area contributed by atoms with Crippen LogP contribution in [0.1, 0.15) is 34.3 Å². The van der Waals surface area contributed by atoms with Gasteiger partial charge in [0, 0.05) is 18.8 Å². The highest BCUT2D eigenvalue weighted by atomic mass is 16.3. The lowest BCUT2D eigenvalue weighted by molar-refractivity contribution is -0.136. The quantitative estimate of drug-likeness (QED) is 0.559. The third-order valence-corrected chi connectivity index (χ3v) is 3.60. The maximum Gasteiger partial charge on any atom is 0.226 e. The highest BCUT2D eigenvalue weighted by molar-refractivity contribution is 6.04. The van der Waals surface area contributed by atoms with Crippen LogP contribution in [-0.2, 0) is 9.59 Å². The first-order chi connectivity index (χ1) is 9.79. The second kappa shape index (κ2) is 5.65. The molecule has 21 heavy (non-hydrogen) atoms. The molecule has 1 atom stereocenters. The average Bonchev–Trinajstić information content (AvgIpc) is 2.40. The van der Waals surface area contributed by atoms with Crippen molar-refractivity contribution in [2.24, 2.45) is 5.92 Å². The van der Waals surface area contributed by atoms with Gasteiger partial charge in [0.1, 0.15) is 11.9 Å². The van der Waals surface area contributed by atoms with Crippen LogP contribution >= 0.6 is 0 Å². The minimum atomic E-state index is -1.49. The number of phenolic OH excluding ortho intramolecular Hbond substituents is 1. The van der Waals surface area contributed by atoms with Crippen LogP contribution in [-0.4, -0.2) is 33.9 Å². The number of phenols is 1. The zero-order valence-corrected chi connectivity index (χ0v) is 11.8. The molecule has 0 aliphatic carbocycles. The molecule has 1 aliphatic heterocycles. The number of carbonyl (C=O) groups excluding carboxylic acids is 3. The smallest absolute Gasteiger partial charge is 0.226 e. The molecule has 3 N–H and O–H groups in total. The lowest BCUT2D eigenvalue weighted by Gasteiger charge is -2.25. The van der Waals surface area contributed by atoms with Crippen molar-refractivity contribution in [1.82, 2.24) is 5.32 Å². The predicted molar refractivity (Wildman–Crippen MR) is 73.8 cm³/mol. The number of ketones is 1. The Labute approximate surface area is 121 Å². The lowest BCUT2D eigenvalue weighted by Crippen LogP contribution is -2.44. The second-order valence-electron chi connectivity index (χ2n) is 5.43. The average molecular weight is 291 g/mol. The van der Waals surface area contributed by atoms with Crippen molar-refractivity contribution < 1.29 is 24.6 Å². The Morgan fingerprint density at radius 2 is 1.81 bits per heavy atom. The van der Waals surface area contributed by atoms with Gasteiger partial charge in [-0.15, -0.1) is 0 Å². The van der Waals surface area contributed by atoms with Gasteiger partial charge in [-0.25, -0.2) is 0 Å². The molecule has 0 saturated carbocycles. The zero-order valence-electron chi connectivity index (χ0n) is 11.8. The summed E-state index contributed by atoms with van der Waals surface area (Å²) in [5.74, 6) is -2.64. The molecule has 1 aliphatic rings. The number of carbonyl (C=O) groups is 3. The van der Waals surface area contributed by atoms with E-state index in [9.17, 15) is 24.6 Å². The summed E-state index contributed by atoms with van der Waals surface area (Å²) in [5, 5.41) is 22.2. The second-order valence-corrected chi connectivity index (χ2v) is 5.43. The van der Waals surface area contributed by atoms with Crippen LogP contribution in [0.5, 0.6) is 5.75 Å². The third-order valence-electron chi connectivity index (χ3n) is 3.60. The van der Waals surface area contributed by atoms with E-state index < -0.39 is 29.6 Å². The number of aromatic hydroxyl groups is 1. The van der Waals surface area contributed by atoms with Crippen LogP contribution in [0.3, 0.4) is 0 Å². The summed E-state index contributed by atoms with van der Waals surface area (Å²) < 4.78 is 0.